The maximum absolute atomic E-state index is 13.2. The lowest BCUT2D eigenvalue weighted by atomic mass is 10.3. The largest absolute Gasteiger partial charge is 0.325 e. The number of carbonyl (C=O) groups excluding carboxylic acids is 1. The SMILES string of the molecule is Cc1nc(-c2cccnc2)sc1-c1ccc(SCC(=O)Nc2ccc(F)c(Cl)c2)nn1. The Bertz CT molecular complexity index is 1220. The van der Waals surface area contributed by atoms with E-state index < -0.39 is 5.82 Å². The first-order chi connectivity index (χ1) is 15.0. The Labute approximate surface area is 190 Å². The van der Waals surface area contributed by atoms with E-state index in [1.54, 1.807) is 12.4 Å². The summed E-state index contributed by atoms with van der Waals surface area (Å²) < 4.78 is 13.2. The molecule has 0 radical (unpaired) electrons. The molecule has 0 aliphatic rings. The number of nitrogens with zero attached hydrogens (tertiary/aromatic N) is 4. The third kappa shape index (κ3) is 5.25. The van der Waals surface area contributed by atoms with Gasteiger partial charge in [0.05, 0.1) is 21.3 Å². The Kier molecular flexibility index (Phi) is 6.55. The normalized spacial score (nSPS) is 10.8. The van der Waals surface area contributed by atoms with Gasteiger partial charge in [-0.05, 0) is 49.4 Å². The summed E-state index contributed by atoms with van der Waals surface area (Å²) in [5.74, 6) is -0.653. The van der Waals surface area contributed by atoms with Crippen molar-refractivity contribution in [1.82, 2.24) is 20.2 Å². The number of rotatable bonds is 6. The zero-order valence-electron chi connectivity index (χ0n) is 16.2. The number of amides is 1. The van der Waals surface area contributed by atoms with Crippen molar-refractivity contribution in [3.8, 4) is 21.1 Å². The summed E-state index contributed by atoms with van der Waals surface area (Å²) in [6.45, 7) is 1.93. The Morgan fingerprint density at radius 2 is 2.10 bits per heavy atom. The summed E-state index contributed by atoms with van der Waals surface area (Å²) >= 11 is 8.51. The predicted molar refractivity (Wildman–Crippen MR) is 122 cm³/mol. The van der Waals surface area contributed by atoms with Gasteiger partial charge in [0.1, 0.15) is 21.5 Å². The fraction of sp³-hybridized carbons (Fsp3) is 0.0952. The van der Waals surface area contributed by atoms with E-state index in [0.29, 0.717) is 10.7 Å². The molecule has 0 atom stereocenters. The molecule has 4 aromatic rings. The molecule has 0 bridgehead atoms. The van der Waals surface area contributed by atoms with E-state index in [2.05, 4.69) is 25.5 Å². The summed E-state index contributed by atoms with van der Waals surface area (Å²) in [6.07, 6.45) is 3.50. The van der Waals surface area contributed by atoms with Crippen LogP contribution < -0.4 is 5.32 Å². The molecule has 0 saturated carbocycles. The van der Waals surface area contributed by atoms with Crippen molar-refractivity contribution in [3.05, 3.63) is 71.4 Å². The molecule has 31 heavy (non-hydrogen) atoms. The van der Waals surface area contributed by atoms with E-state index in [1.165, 1.54) is 41.3 Å². The molecular formula is C21H15ClFN5OS2. The number of hydrogen-bond donors (Lipinski definition) is 1. The highest BCUT2D eigenvalue weighted by Gasteiger charge is 2.14. The molecule has 0 aliphatic heterocycles. The van der Waals surface area contributed by atoms with Crippen LogP contribution in [0.5, 0.6) is 0 Å². The summed E-state index contributed by atoms with van der Waals surface area (Å²) in [5, 5.41) is 12.6. The molecule has 10 heteroatoms. The van der Waals surface area contributed by atoms with Gasteiger partial charge in [-0.1, -0.05) is 23.4 Å². The van der Waals surface area contributed by atoms with Crippen molar-refractivity contribution in [3.63, 3.8) is 0 Å². The van der Waals surface area contributed by atoms with Gasteiger partial charge in [0.2, 0.25) is 5.91 Å². The molecule has 0 fully saturated rings. The van der Waals surface area contributed by atoms with Crippen LogP contribution in [0.4, 0.5) is 10.1 Å². The van der Waals surface area contributed by atoms with Crippen LogP contribution in [0.1, 0.15) is 5.69 Å². The van der Waals surface area contributed by atoms with Gasteiger partial charge in [-0.2, -0.15) is 0 Å². The zero-order valence-corrected chi connectivity index (χ0v) is 18.6. The summed E-state index contributed by atoms with van der Waals surface area (Å²) in [6, 6.07) is 11.5. The van der Waals surface area contributed by atoms with E-state index in [4.69, 9.17) is 11.6 Å². The van der Waals surface area contributed by atoms with Crippen LogP contribution in [0.25, 0.3) is 21.1 Å². The van der Waals surface area contributed by atoms with E-state index >= 15 is 0 Å². The highest BCUT2D eigenvalue weighted by molar-refractivity contribution is 7.99. The number of aryl methyl sites for hydroxylation is 1. The van der Waals surface area contributed by atoms with Crippen molar-refractivity contribution in [1.29, 1.82) is 0 Å². The number of carbonyl (C=O) groups is 1. The van der Waals surface area contributed by atoms with Gasteiger partial charge in [-0.15, -0.1) is 21.5 Å². The fourth-order valence-corrected chi connectivity index (χ4v) is 4.49. The Morgan fingerprint density at radius 1 is 1.23 bits per heavy atom. The molecule has 0 aliphatic carbocycles. The van der Waals surface area contributed by atoms with Gasteiger partial charge in [0.25, 0.3) is 0 Å². The Balaban J connectivity index is 1.39. The number of thiazole rings is 1. The minimum Gasteiger partial charge on any atom is -0.325 e. The number of aromatic nitrogens is 4. The standard InChI is InChI=1S/C21H15ClFN5OS2/c1-12-20(31-21(25-12)13-3-2-8-24-10-13)17-6-7-19(28-27-17)30-11-18(29)26-14-4-5-16(23)15(22)9-14/h2-10H,11H2,1H3,(H,26,29). The van der Waals surface area contributed by atoms with Crippen molar-refractivity contribution < 1.29 is 9.18 Å². The van der Waals surface area contributed by atoms with Crippen LogP contribution in [-0.2, 0) is 4.79 Å². The summed E-state index contributed by atoms with van der Waals surface area (Å²) in [5.41, 5.74) is 2.98. The summed E-state index contributed by atoms with van der Waals surface area (Å²) in [4.78, 5) is 21.8. The molecule has 1 N–H and O–H groups in total. The highest BCUT2D eigenvalue weighted by atomic mass is 35.5. The lowest BCUT2D eigenvalue weighted by Gasteiger charge is -2.06. The number of halogens is 2. The van der Waals surface area contributed by atoms with Gasteiger partial charge in [-0.25, -0.2) is 9.37 Å². The molecule has 0 unspecified atom stereocenters. The summed E-state index contributed by atoms with van der Waals surface area (Å²) in [7, 11) is 0. The maximum Gasteiger partial charge on any atom is 0.234 e. The number of pyridine rings is 1. The maximum atomic E-state index is 13.2. The molecule has 6 nitrogen and oxygen atoms in total. The van der Waals surface area contributed by atoms with Gasteiger partial charge in [0.15, 0.2) is 0 Å². The number of thioether (sulfide) groups is 1. The number of anilines is 1. The second-order valence-corrected chi connectivity index (χ2v) is 8.80. The molecule has 1 aromatic carbocycles. The quantitative estimate of drug-likeness (QED) is 0.374. The van der Waals surface area contributed by atoms with Crippen LogP contribution in [0, 0.1) is 12.7 Å². The first-order valence-corrected chi connectivity index (χ1v) is 11.3. The van der Waals surface area contributed by atoms with Crippen molar-refractivity contribution in [2.45, 2.75) is 11.9 Å². The number of benzene rings is 1. The van der Waals surface area contributed by atoms with Crippen molar-refractivity contribution in [2.24, 2.45) is 0 Å². The monoisotopic (exact) mass is 471 g/mol. The fourth-order valence-electron chi connectivity index (χ4n) is 2.68. The Morgan fingerprint density at radius 3 is 2.81 bits per heavy atom. The average Bonchev–Trinajstić information content (AvgIpc) is 3.17. The first kappa shape index (κ1) is 21.4. The highest BCUT2D eigenvalue weighted by Crippen LogP contribution is 2.34. The first-order valence-electron chi connectivity index (χ1n) is 9.09. The van der Waals surface area contributed by atoms with Gasteiger partial charge in [0, 0.05) is 23.6 Å². The molecule has 3 aromatic heterocycles. The third-order valence-electron chi connectivity index (χ3n) is 4.13. The molecule has 3 heterocycles. The predicted octanol–water partition coefficient (Wildman–Crippen LogP) is 5.49. The Hall–Kier alpha value is -2.88. The molecule has 0 spiro atoms. The van der Waals surface area contributed by atoms with Gasteiger partial charge >= 0.3 is 0 Å². The van der Waals surface area contributed by atoms with Crippen molar-refractivity contribution in [2.75, 3.05) is 11.1 Å². The van der Waals surface area contributed by atoms with Gasteiger partial charge in [-0.3, -0.25) is 9.78 Å². The van der Waals surface area contributed by atoms with E-state index in [9.17, 15) is 9.18 Å². The molecule has 1 amide bonds. The third-order valence-corrected chi connectivity index (χ3v) is 6.57. The zero-order chi connectivity index (χ0) is 21.8. The average molecular weight is 472 g/mol. The van der Waals surface area contributed by atoms with E-state index in [1.807, 2.05) is 31.2 Å². The molecule has 0 saturated heterocycles. The second kappa shape index (κ2) is 9.51. The van der Waals surface area contributed by atoms with Crippen molar-refractivity contribution >= 4 is 46.3 Å². The van der Waals surface area contributed by atoms with Crippen LogP contribution in [-0.4, -0.2) is 31.8 Å². The number of hydrogen-bond acceptors (Lipinski definition) is 7. The minimum absolute atomic E-state index is 0.0445. The molecule has 4 rings (SSSR count). The lowest BCUT2D eigenvalue weighted by molar-refractivity contribution is -0.113. The van der Waals surface area contributed by atoms with Crippen LogP contribution in [0.15, 0.2) is 59.9 Å². The topological polar surface area (TPSA) is 80.7 Å². The minimum atomic E-state index is -0.534. The van der Waals surface area contributed by atoms with Crippen LogP contribution >= 0.6 is 34.7 Å². The van der Waals surface area contributed by atoms with E-state index in [0.717, 1.165) is 26.8 Å². The lowest BCUT2D eigenvalue weighted by Crippen LogP contribution is -2.14. The molecule has 156 valence electrons. The smallest absolute Gasteiger partial charge is 0.234 e. The van der Waals surface area contributed by atoms with Crippen LogP contribution in [0.2, 0.25) is 5.02 Å². The second-order valence-electron chi connectivity index (χ2n) is 6.40. The van der Waals surface area contributed by atoms with E-state index in [-0.39, 0.29) is 16.7 Å². The molecular weight excluding hydrogens is 457 g/mol. The number of nitrogens with one attached hydrogen (secondary N) is 1. The van der Waals surface area contributed by atoms with Crippen LogP contribution in [0.3, 0.4) is 0 Å². The van der Waals surface area contributed by atoms with Gasteiger partial charge < -0.3 is 5.32 Å².